The molecule has 0 aliphatic heterocycles. The minimum absolute atomic E-state index is 0.788. The molecular weight excluding hydrogens is 266 g/mol. The fraction of sp³-hybridized carbons (Fsp3) is 0. The van der Waals surface area contributed by atoms with Crippen molar-refractivity contribution < 1.29 is 0 Å². The smallest absolute Gasteiger partial charge is 0.0939 e. The number of benzene rings is 3. The lowest BCUT2D eigenvalue weighted by Gasteiger charge is -2.16. The van der Waals surface area contributed by atoms with E-state index >= 15 is 0 Å². The minimum Gasteiger partial charge on any atom is -0.316 e. The highest BCUT2D eigenvalue weighted by Gasteiger charge is 2.14. The van der Waals surface area contributed by atoms with Gasteiger partial charge in [-0.05, 0) is 28.3 Å². The summed E-state index contributed by atoms with van der Waals surface area (Å²) in [7, 11) is 0. The Morgan fingerprint density at radius 3 is 1.59 bits per heavy atom. The molecule has 0 saturated carbocycles. The molecule has 0 fully saturated rings. The van der Waals surface area contributed by atoms with Crippen molar-refractivity contribution in [2.24, 2.45) is 5.73 Å². The summed E-state index contributed by atoms with van der Waals surface area (Å²) < 4.78 is 0. The van der Waals surface area contributed by atoms with Gasteiger partial charge in [-0.2, -0.15) is 0 Å². The summed E-state index contributed by atoms with van der Waals surface area (Å²) in [4.78, 5) is 0. The molecule has 0 bridgehead atoms. The van der Waals surface area contributed by atoms with Crippen molar-refractivity contribution in [3.05, 3.63) is 114 Å². The van der Waals surface area contributed by atoms with Crippen molar-refractivity contribution in [2.75, 3.05) is 0 Å². The number of nitrogens with two attached hydrogens (primary N) is 1. The summed E-state index contributed by atoms with van der Waals surface area (Å²) in [5.41, 5.74) is 10.8. The second-order valence-electron chi connectivity index (χ2n) is 5.11. The lowest BCUT2D eigenvalue weighted by molar-refractivity contribution is 1.20. The molecule has 22 heavy (non-hydrogen) atoms. The van der Waals surface area contributed by atoms with Crippen molar-refractivity contribution in [3.63, 3.8) is 0 Å². The second-order valence-corrected chi connectivity index (χ2v) is 5.11. The summed E-state index contributed by atoms with van der Waals surface area (Å²) in [6.07, 6.45) is 2.14. The molecule has 3 aromatic rings. The number of rotatable bonds is 4. The zero-order chi connectivity index (χ0) is 15.2. The van der Waals surface area contributed by atoms with E-state index in [4.69, 9.17) is 5.73 Å². The van der Waals surface area contributed by atoms with Crippen LogP contribution in [0.15, 0.2) is 91.0 Å². The Morgan fingerprint density at radius 1 is 0.591 bits per heavy atom. The lowest BCUT2D eigenvalue weighted by Crippen LogP contribution is -2.13. The van der Waals surface area contributed by atoms with Gasteiger partial charge in [-0.25, -0.2) is 0 Å². The van der Waals surface area contributed by atoms with Gasteiger partial charge in [0.1, 0.15) is 0 Å². The van der Waals surface area contributed by atoms with Crippen LogP contribution in [0.5, 0.6) is 0 Å². The van der Waals surface area contributed by atoms with E-state index in [9.17, 15) is 0 Å². The number of hydrogen-bond donors (Lipinski definition) is 1. The van der Waals surface area contributed by atoms with Gasteiger partial charge in [0.2, 0.25) is 0 Å². The molecule has 0 aliphatic carbocycles. The first-order chi connectivity index (χ1) is 10.8. The zero-order valence-corrected chi connectivity index (χ0v) is 12.3. The Morgan fingerprint density at radius 2 is 1.05 bits per heavy atom. The standard InChI is InChI=1S/C21H18N/c22-21(19-14-8-3-9-15-19)20(18-12-6-2-7-13-18)16-17-10-4-1-5-11-17/h1-16H,22H2. The first-order valence-corrected chi connectivity index (χ1v) is 7.35. The summed E-state index contributed by atoms with van der Waals surface area (Å²) in [6, 6.07) is 31.4. The Balaban J connectivity index is 2.06. The van der Waals surface area contributed by atoms with Crippen molar-refractivity contribution in [1.82, 2.24) is 0 Å². The van der Waals surface area contributed by atoms with E-state index in [-0.39, 0.29) is 0 Å². The summed E-state index contributed by atoms with van der Waals surface area (Å²) in [5.74, 6) is 0. The van der Waals surface area contributed by atoms with Crippen LogP contribution in [0.3, 0.4) is 0 Å². The fourth-order valence-electron chi connectivity index (χ4n) is 2.42. The van der Waals surface area contributed by atoms with E-state index in [1.807, 2.05) is 66.7 Å². The monoisotopic (exact) mass is 284 g/mol. The van der Waals surface area contributed by atoms with Gasteiger partial charge in [0.15, 0.2) is 0 Å². The summed E-state index contributed by atoms with van der Waals surface area (Å²) in [5, 5.41) is 0. The second kappa shape index (κ2) is 6.88. The molecule has 2 N–H and O–H groups in total. The van der Waals surface area contributed by atoms with Gasteiger partial charge in [-0.15, -0.1) is 0 Å². The predicted molar refractivity (Wildman–Crippen MR) is 93.7 cm³/mol. The van der Waals surface area contributed by atoms with Gasteiger partial charge >= 0.3 is 0 Å². The Hall–Kier alpha value is -2.64. The van der Waals surface area contributed by atoms with Crippen LogP contribution >= 0.6 is 0 Å². The van der Waals surface area contributed by atoms with Gasteiger partial charge in [0, 0.05) is 0 Å². The van der Waals surface area contributed by atoms with Crippen LogP contribution in [0.1, 0.15) is 16.7 Å². The molecule has 0 saturated heterocycles. The predicted octanol–water partition coefficient (Wildman–Crippen LogP) is 4.77. The van der Waals surface area contributed by atoms with E-state index in [0.29, 0.717) is 0 Å². The molecule has 0 spiro atoms. The van der Waals surface area contributed by atoms with Crippen molar-refractivity contribution >= 4 is 11.6 Å². The molecule has 107 valence electrons. The van der Waals surface area contributed by atoms with Gasteiger partial charge < -0.3 is 5.73 Å². The van der Waals surface area contributed by atoms with Gasteiger partial charge in [0.05, 0.1) is 6.04 Å². The van der Waals surface area contributed by atoms with Crippen LogP contribution in [-0.2, 0) is 0 Å². The van der Waals surface area contributed by atoms with Crippen LogP contribution in [-0.4, -0.2) is 0 Å². The summed E-state index contributed by atoms with van der Waals surface area (Å²) >= 11 is 0. The molecule has 0 aliphatic rings. The van der Waals surface area contributed by atoms with E-state index in [1.165, 1.54) is 0 Å². The first-order valence-electron chi connectivity index (χ1n) is 7.35. The molecule has 3 aromatic carbocycles. The molecule has 1 nitrogen and oxygen atoms in total. The van der Waals surface area contributed by atoms with Crippen LogP contribution in [0, 0.1) is 6.04 Å². The SMILES string of the molecule is N[C](C(=Cc1ccccc1)c1ccccc1)c1ccccc1. The zero-order valence-electron chi connectivity index (χ0n) is 12.3. The van der Waals surface area contributed by atoms with Gasteiger partial charge in [-0.3, -0.25) is 0 Å². The van der Waals surface area contributed by atoms with E-state index in [1.54, 1.807) is 0 Å². The maximum atomic E-state index is 6.47. The van der Waals surface area contributed by atoms with Gasteiger partial charge in [0.25, 0.3) is 0 Å². The molecular formula is C21H18N. The topological polar surface area (TPSA) is 26.0 Å². The maximum absolute atomic E-state index is 6.47. The minimum atomic E-state index is 0.788. The molecule has 0 unspecified atom stereocenters. The van der Waals surface area contributed by atoms with Crippen molar-refractivity contribution in [1.29, 1.82) is 0 Å². The van der Waals surface area contributed by atoms with E-state index < -0.39 is 0 Å². The van der Waals surface area contributed by atoms with Crippen LogP contribution in [0.25, 0.3) is 11.6 Å². The maximum Gasteiger partial charge on any atom is 0.0939 e. The van der Waals surface area contributed by atoms with Crippen molar-refractivity contribution in [2.45, 2.75) is 0 Å². The highest BCUT2D eigenvalue weighted by molar-refractivity contribution is 5.90. The summed E-state index contributed by atoms with van der Waals surface area (Å²) in [6.45, 7) is 0. The number of hydrogen-bond acceptors (Lipinski definition) is 1. The highest BCUT2D eigenvalue weighted by Crippen LogP contribution is 2.29. The van der Waals surface area contributed by atoms with Crippen LogP contribution in [0.4, 0.5) is 0 Å². The molecule has 0 heterocycles. The van der Waals surface area contributed by atoms with Crippen molar-refractivity contribution in [3.8, 4) is 0 Å². The Kier molecular flexibility index (Phi) is 4.47. The average Bonchev–Trinajstić information content (AvgIpc) is 2.61. The largest absolute Gasteiger partial charge is 0.316 e. The molecule has 1 heteroatoms. The molecule has 3 rings (SSSR count). The quantitative estimate of drug-likeness (QED) is 0.686. The molecule has 0 amide bonds. The van der Waals surface area contributed by atoms with E-state index in [2.05, 4.69) is 30.3 Å². The van der Waals surface area contributed by atoms with Crippen LogP contribution in [0.2, 0.25) is 0 Å². The lowest BCUT2D eigenvalue weighted by atomic mass is 9.92. The van der Waals surface area contributed by atoms with Gasteiger partial charge in [-0.1, -0.05) is 91.0 Å². The Bertz CT molecular complexity index is 731. The Labute approximate surface area is 131 Å². The highest BCUT2D eigenvalue weighted by atomic mass is 14.6. The van der Waals surface area contributed by atoms with Crippen LogP contribution < -0.4 is 5.73 Å². The molecule has 1 radical (unpaired) electrons. The average molecular weight is 284 g/mol. The normalized spacial score (nSPS) is 11.6. The third kappa shape index (κ3) is 3.33. The van der Waals surface area contributed by atoms with E-state index in [0.717, 1.165) is 28.3 Å². The molecule has 0 atom stereocenters. The third-order valence-corrected chi connectivity index (χ3v) is 3.57. The fourth-order valence-corrected chi connectivity index (χ4v) is 2.42. The first kappa shape index (κ1) is 14.3. The third-order valence-electron chi connectivity index (χ3n) is 3.57. The molecule has 0 aromatic heterocycles.